The highest BCUT2D eigenvalue weighted by Gasteiger charge is 2.21. The number of piperazine rings is 1. The van der Waals surface area contributed by atoms with E-state index in [1.165, 1.54) is 6.07 Å². The summed E-state index contributed by atoms with van der Waals surface area (Å²) in [6.07, 6.45) is 0. The van der Waals surface area contributed by atoms with Gasteiger partial charge in [0.1, 0.15) is 5.75 Å². The molecule has 1 aliphatic rings. The van der Waals surface area contributed by atoms with Gasteiger partial charge >= 0.3 is 0 Å². The fraction of sp³-hybridized carbons (Fsp3) is 0.462. The van der Waals surface area contributed by atoms with Crippen molar-refractivity contribution in [2.45, 2.75) is 25.9 Å². The van der Waals surface area contributed by atoms with Gasteiger partial charge < -0.3 is 20.5 Å². The molecular formula is C26H33Cl3N4O4. The van der Waals surface area contributed by atoms with Crippen molar-refractivity contribution in [2.75, 3.05) is 52.5 Å². The molecule has 0 aromatic heterocycles. The van der Waals surface area contributed by atoms with E-state index in [1.807, 2.05) is 18.2 Å². The van der Waals surface area contributed by atoms with Gasteiger partial charge in [0.05, 0.1) is 27.8 Å². The Morgan fingerprint density at radius 3 is 2.38 bits per heavy atom. The highest BCUT2D eigenvalue weighted by Crippen LogP contribution is 2.24. The van der Waals surface area contributed by atoms with Gasteiger partial charge in [0.2, 0.25) is 0 Å². The largest absolute Gasteiger partial charge is 0.483 e. The first kappa shape index (κ1) is 29.5. The zero-order chi connectivity index (χ0) is 27.0. The SMILES string of the molecule is CC(C)(CO)NC(=O)COc1cc(Cl)ccc1C(=O)NCCN1CCN(Cc2ccc(Cl)c(Cl)c2)CC1. The quantitative estimate of drug-likeness (QED) is 0.383. The van der Waals surface area contributed by atoms with E-state index in [4.69, 9.17) is 39.5 Å². The summed E-state index contributed by atoms with van der Waals surface area (Å²) in [7, 11) is 0. The van der Waals surface area contributed by atoms with Gasteiger partial charge in [-0.05, 0) is 49.7 Å². The van der Waals surface area contributed by atoms with E-state index in [0.29, 0.717) is 27.2 Å². The second kappa shape index (κ2) is 13.6. The highest BCUT2D eigenvalue weighted by atomic mass is 35.5. The number of halogens is 3. The molecule has 3 rings (SSSR count). The molecule has 0 radical (unpaired) electrons. The van der Waals surface area contributed by atoms with Gasteiger partial charge in [-0.1, -0.05) is 40.9 Å². The Morgan fingerprint density at radius 2 is 1.70 bits per heavy atom. The molecule has 0 bridgehead atoms. The highest BCUT2D eigenvalue weighted by molar-refractivity contribution is 6.42. The minimum absolute atomic E-state index is 0.212. The molecule has 8 nitrogen and oxygen atoms in total. The molecule has 0 unspecified atom stereocenters. The number of nitrogens with zero attached hydrogens (tertiary/aromatic N) is 2. The summed E-state index contributed by atoms with van der Waals surface area (Å²) in [6.45, 7) is 8.49. The van der Waals surface area contributed by atoms with E-state index in [0.717, 1.165) is 44.8 Å². The molecule has 1 fully saturated rings. The lowest BCUT2D eigenvalue weighted by Gasteiger charge is -2.34. The summed E-state index contributed by atoms with van der Waals surface area (Å²) < 4.78 is 5.59. The third-order valence-electron chi connectivity index (χ3n) is 5.99. The van der Waals surface area contributed by atoms with Gasteiger partial charge in [-0.25, -0.2) is 0 Å². The number of hydrogen-bond donors (Lipinski definition) is 3. The summed E-state index contributed by atoms with van der Waals surface area (Å²) in [5.41, 5.74) is 0.653. The number of amides is 2. The van der Waals surface area contributed by atoms with Gasteiger partial charge in [0.25, 0.3) is 11.8 Å². The molecule has 0 saturated carbocycles. The van der Waals surface area contributed by atoms with Crippen LogP contribution in [0.3, 0.4) is 0 Å². The van der Waals surface area contributed by atoms with Gasteiger partial charge in [-0.15, -0.1) is 0 Å². The molecule has 1 saturated heterocycles. The number of carbonyl (C=O) groups is 2. The Morgan fingerprint density at radius 1 is 1.00 bits per heavy atom. The number of aliphatic hydroxyl groups is 1. The predicted molar refractivity (Wildman–Crippen MR) is 147 cm³/mol. The third-order valence-corrected chi connectivity index (χ3v) is 6.96. The Kier molecular flexibility index (Phi) is 10.9. The van der Waals surface area contributed by atoms with Crippen molar-refractivity contribution in [1.82, 2.24) is 20.4 Å². The summed E-state index contributed by atoms with van der Waals surface area (Å²) in [5.74, 6) is -0.498. The van der Waals surface area contributed by atoms with Crippen LogP contribution in [0.1, 0.15) is 29.8 Å². The molecule has 3 N–H and O–H groups in total. The van der Waals surface area contributed by atoms with Crippen molar-refractivity contribution < 1.29 is 19.4 Å². The standard InChI is InChI=1S/C26H33Cl3N4O4/c1-26(2,17-34)31-24(35)16-37-23-14-19(27)4-5-20(23)25(36)30-7-8-32-9-11-33(12-10-32)15-18-3-6-21(28)22(29)13-18/h3-6,13-14,34H,7-12,15-17H2,1-2H3,(H,30,36)(H,31,35). The van der Waals surface area contributed by atoms with Crippen LogP contribution in [0.25, 0.3) is 0 Å². The van der Waals surface area contributed by atoms with Crippen LogP contribution in [-0.4, -0.2) is 84.7 Å². The summed E-state index contributed by atoms with van der Waals surface area (Å²) >= 11 is 18.2. The predicted octanol–water partition coefficient (Wildman–Crippen LogP) is 3.46. The molecule has 0 atom stereocenters. The Labute approximate surface area is 232 Å². The minimum atomic E-state index is -0.774. The lowest BCUT2D eigenvalue weighted by atomic mass is 10.1. The first-order chi connectivity index (χ1) is 17.6. The van der Waals surface area contributed by atoms with E-state index >= 15 is 0 Å². The van der Waals surface area contributed by atoms with Crippen LogP contribution in [0.5, 0.6) is 5.75 Å². The maximum Gasteiger partial charge on any atom is 0.258 e. The van der Waals surface area contributed by atoms with Crippen molar-refractivity contribution >= 4 is 46.6 Å². The zero-order valence-corrected chi connectivity index (χ0v) is 23.3. The molecule has 2 aromatic rings. The van der Waals surface area contributed by atoms with Crippen LogP contribution in [0.4, 0.5) is 0 Å². The lowest BCUT2D eigenvalue weighted by molar-refractivity contribution is -0.125. The monoisotopic (exact) mass is 570 g/mol. The van der Waals surface area contributed by atoms with Crippen molar-refractivity contribution in [3.05, 3.63) is 62.6 Å². The van der Waals surface area contributed by atoms with Crippen LogP contribution in [-0.2, 0) is 11.3 Å². The second-order valence-corrected chi connectivity index (χ2v) is 10.9. The van der Waals surface area contributed by atoms with Gasteiger partial charge in [0.15, 0.2) is 6.61 Å². The first-order valence-electron chi connectivity index (χ1n) is 12.1. The van der Waals surface area contributed by atoms with Gasteiger partial charge in [0, 0.05) is 50.8 Å². The molecular weight excluding hydrogens is 539 g/mol. The average Bonchev–Trinajstić information content (AvgIpc) is 2.86. The van der Waals surface area contributed by atoms with Crippen LogP contribution in [0.15, 0.2) is 36.4 Å². The maximum atomic E-state index is 12.8. The Hall–Kier alpha value is -2.07. The molecule has 1 heterocycles. The fourth-order valence-corrected chi connectivity index (χ4v) is 4.37. The first-order valence-corrected chi connectivity index (χ1v) is 13.2. The lowest BCUT2D eigenvalue weighted by Crippen LogP contribution is -2.48. The van der Waals surface area contributed by atoms with E-state index in [9.17, 15) is 14.7 Å². The van der Waals surface area contributed by atoms with Crippen molar-refractivity contribution in [3.63, 3.8) is 0 Å². The summed E-state index contributed by atoms with van der Waals surface area (Å²) in [4.78, 5) is 29.7. The molecule has 2 amide bonds. The number of rotatable bonds is 11. The molecule has 1 aliphatic heterocycles. The maximum absolute atomic E-state index is 12.8. The number of benzene rings is 2. The molecule has 2 aromatic carbocycles. The van der Waals surface area contributed by atoms with Crippen molar-refractivity contribution in [1.29, 1.82) is 0 Å². The van der Waals surface area contributed by atoms with E-state index in [1.54, 1.807) is 26.0 Å². The van der Waals surface area contributed by atoms with Crippen molar-refractivity contribution in [2.24, 2.45) is 0 Å². The Balaban J connectivity index is 1.44. The third kappa shape index (κ3) is 9.32. The van der Waals surface area contributed by atoms with E-state index < -0.39 is 11.4 Å². The number of aliphatic hydroxyl groups excluding tert-OH is 1. The average molecular weight is 572 g/mol. The summed E-state index contributed by atoms with van der Waals surface area (Å²) in [5, 5.41) is 16.4. The van der Waals surface area contributed by atoms with E-state index in [-0.39, 0.29) is 24.9 Å². The van der Waals surface area contributed by atoms with Crippen LogP contribution >= 0.6 is 34.8 Å². The summed E-state index contributed by atoms with van der Waals surface area (Å²) in [6, 6.07) is 10.4. The molecule has 11 heteroatoms. The minimum Gasteiger partial charge on any atom is -0.483 e. The van der Waals surface area contributed by atoms with E-state index in [2.05, 4.69) is 20.4 Å². The smallest absolute Gasteiger partial charge is 0.258 e. The van der Waals surface area contributed by atoms with Crippen molar-refractivity contribution in [3.8, 4) is 5.75 Å². The second-order valence-electron chi connectivity index (χ2n) is 9.64. The normalized spacial score (nSPS) is 14.9. The molecule has 37 heavy (non-hydrogen) atoms. The number of ether oxygens (including phenoxy) is 1. The van der Waals surface area contributed by atoms with Gasteiger partial charge in [-0.3, -0.25) is 19.4 Å². The van der Waals surface area contributed by atoms with Gasteiger partial charge in [-0.2, -0.15) is 0 Å². The van der Waals surface area contributed by atoms with Crippen LogP contribution in [0.2, 0.25) is 15.1 Å². The number of nitrogens with one attached hydrogen (secondary N) is 2. The topological polar surface area (TPSA) is 94.1 Å². The van der Waals surface area contributed by atoms with Crippen LogP contribution < -0.4 is 15.4 Å². The fourth-order valence-electron chi connectivity index (χ4n) is 3.89. The number of carbonyl (C=O) groups excluding carboxylic acids is 2. The molecule has 0 aliphatic carbocycles. The molecule has 202 valence electrons. The zero-order valence-electron chi connectivity index (χ0n) is 21.0. The van der Waals surface area contributed by atoms with Crippen LogP contribution in [0, 0.1) is 0 Å². The molecule has 0 spiro atoms. The Bertz CT molecular complexity index is 1090. The number of hydrogen-bond acceptors (Lipinski definition) is 6.